The molecule has 2 rings (SSSR count). The van der Waals surface area contributed by atoms with E-state index in [1.54, 1.807) is 0 Å². The number of urea groups is 1. The zero-order chi connectivity index (χ0) is 13.0. The molecule has 0 bridgehead atoms. The van der Waals surface area contributed by atoms with Gasteiger partial charge in [0, 0.05) is 18.3 Å². The highest BCUT2D eigenvalue weighted by Crippen LogP contribution is 2.24. The standard InChI is InChI=1S/C14H21N3O/c1-14(2)10-15-9-8-12(14)17-13(18)16-11-6-4-3-5-7-11/h3-7,12,15H,8-10H2,1-2H3,(H2,16,17,18). The molecule has 0 radical (unpaired) electrons. The van der Waals surface area contributed by atoms with Gasteiger partial charge in [-0.2, -0.15) is 0 Å². The maximum Gasteiger partial charge on any atom is 0.319 e. The molecule has 1 saturated heterocycles. The van der Waals surface area contributed by atoms with E-state index in [0.717, 1.165) is 25.2 Å². The summed E-state index contributed by atoms with van der Waals surface area (Å²) in [7, 11) is 0. The van der Waals surface area contributed by atoms with Gasteiger partial charge in [0.1, 0.15) is 0 Å². The van der Waals surface area contributed by atoms with Gasteiger partial charge in [0.15, 0.2) is 0 Å². The van der Waals surface area contributed by atoms with E-state index >= 15 is 0 Å². The average molecular weight is 247 g/mol. The van der Waals surface area contributed by atoms with E-state index in [1.807, 2.05) is 30.3 Å². The van der Waals surface area contributed by atoms with Crippen LogP contribution in [0.25, 0.3) is 0 Å². The number of nitrogens with one attached hydrogen (secondary N) is 3. The van der Waals surface area contributed by atoms with Gasteiger partial charge in [-0.25, -0.2) is 4.79 Å². The average Bonchev–Trinajstić information content (AvgIpc) is 2.33. The van der Waals surface area contributed by atoms with Crippen LogP contribution < -0.4 is 16.0 Å². The van der Waals surface area contributed by atoms with Gasteiger partial charge in [-0.15, -0.1) is 0 Å². The number of piperidine rings is 1. The normalized spacial score (nSPS) is 22.2. The second-order valence-electron chi connectivity index (χ2n) is 5.47. The van der Waals surface area contributed by atoms with Gasteiger partial charge >= 0.3 is 6.03 Å². The molecule has 0 aliphatic carbocycles. The van der Waals surface area contributed by atoms with Gasteiger partial charge in [0.25, 0.3) is 0 Å². The van der Waals surface area contributed by atoms with Crippen molar-refractivity contribution < 1.29 is 4.79 Å². The van der Waals surface area contributed by atoms with Crippen molar-refractivity contribution in [2.45, 2.75) is 26.3 Å². The smallest absolute Gasteiger partial charge is 0.319 e. The molecule has 1 heterocycles. The van der Waals surface area contributed by atoms with E-state index in [-0.39, 0.29) is 17.5 Å². The van der Waals surface area contributed by atoms with E-state index < -0.39 is 0 Å². The van der Waals surface area contributed by atoms with Crippen molar-refractivity contribution in [2.24, 2.45) is 5.41 Å². The quantitative estimate of drug-likeness (QED) is 0.750. The summed E-state index contributed by atoms with van der Waals surface area (Å²) in [4.78, 5) is 11.9. The van der Waals surface area contributed by atoms with Crippen LogP contribution in [-0.4, -0.2) is 25.2 Å². The van der Waals surface area contributed by atoms with Crippen LogP contribution in [0, 0.1) is 5.41 Å². The molecular formula is C14H21N3O. The highest BCUT2D eigenvalue weighted by Gasteiger charge is 2.33. The van der Waals surface area contributed by atoms with Gasteiger partial charge < -0.3 is 16.0 Å². The van der Waals surface area contributed by atoms with Crippen LogP contribution in [0.4, 0.5) is 10.5 Å². The first-order valence-electron chi connectivity index (χ1n) is 6.41. The molecule has 1 atom stereocenters. The van der Waals surface area contributed by atoms with Crippen molar-refractivity contribution in [1.82, 2.24) is 10.6 Å². The maximum atomic E-state index is 11.9. The monoisotopic (exact) mass is 247 g/mol. The highest BCUT2D eigenvalue weighted by molar-refractivity contribution is 5.89. The van der Waals surface area contributed by atoms with Crippen molar-refractivity contribution in [2.75, 3.05) is 18.4 Å². The summed E-state index contributed by atoms with van der Waals surface area (Å²) in [6, 6.07) is 9.59. The molecule has 3 N–H and O–H groups in total. The summed E-state index contributed by atoms with van der Waals surface area (Å²) in [5, 5.41) is 9.28. The molecule has 0 aromatic heterocycles. The van der Waals surface area contributed by atoms with Crippen LogP contribution in [0.2, 0.25) is 0 Å². The largest absolute Gasteiger partial charge is 0.335 e. The highest BCUT2D eigenvalue weighted by atomic mass is 16.2. The second-order valence-corrected chi connectivity index (χ2v) is 5.47. The molecule has 1 aromatic rings. The lowest BCUT2D eigenvalue weighted by Crippen LogP contribution is -2.55. The van der Waals surface area contributed by atoms with Crippen molar-refractivity contribution in [3.63, 3.8) is 0 Å². The first-order valence-corrected chi connectivity index (χ1v) is 6.41. The molecule has 18 heavy (non-hydrogen) atoms. The zero-order valence-corrected chi connectivity index (χ0v) is 11.0. The Hall–Kier alpha value is -1.55. The third kappa shape index (κ3) is 3.23. The van der Waals surface area contributed by atoms with Crippen LogP contribution in [-0.2, 0) is 0 Å². The number of carbonyl (C=O) groups is 1. The van der Waals surface area contributed by atoms with Crippen LogP contribution in [0.5, 0.6) is 0 Å². The molecule has 98 valence electrons. The third-order valence-electron chi connectivity index (χ3n) is 3.47. The molecule has 1 aromatic carbocycles. The first-order chi connectivity index (χ1) is 8.58. The van der Waals surface area contributed by atoms with E-state index in [9.17, 15) is 4.79 Å². The number of benzene rings is 1. The van der Waals surface area contributed by atoms with Gasteiger partial charge in [0.2, 0.25) is 0 Å². The fourth-order valence-electron chi connectivity index (χ4n) is 2.29. The maximum absolute atomic E-state index is 11.9. The summed E-state index contributed by atoms with van der Waals surface area (Å²) in [5.74, 6) is 0. The van der Waals surface area contributed by atoms with Gasteiger partial charge in [-0.1, -0.05) is 32.0 Å². The lowest BCUT2D eigenvalue weighted by Gasteiger charge is -2.39. The number of anilines is 1. The zero-order valence-electron chi connectivity index (χ0n) is 11.0. The number of carbonyl (C=O) groups excluding carboxylic acids is 1. The van der Waals surface area contributed by atoms with Crippen molar-refractivity contribution in [3.8, 4) is 0 Å². The number of rotatable bonds is 2. The summed E-state index contributed by atoms with van der Waals surface area (Å²) in [5.41, 5.74) is 0.911. The van der Waals surface area contributed by atoms with Crippen molar-refractivity contribution >= 4 is 11.7 Å². The fourth-order valence-corrected chi connectivity index (χ4v) is 2.29. The Balaban J connectivity index is 1.91. The van der Waals surface area contributed by atoms with E-state index in [2.05, 4.69) is 29.8 Å². The first kappa shape index (κ1) is 12.9. The molecule has 2 amide bonds. The minimum Gasteiger partial charge on any atom is -0.335 e. The topological polar surface area (TPSA) is 53.2 Å². The SMILES string of the molecule is CC1(C)CNCCC1NC(=O)Nc1ccccc1. The summed E-state index contributed by atoms with van der Waals surface area (Å²) in [6.07, 6.45) is 0.967. The molecule has 1 unspecified atom stereocenters. The van der Waals surface area contributed by atoms with Crippen LogP contribution >= 0.6 is 0 Å². The summed E-state index contributed by atoms with van der Waals surface area (Å²) in [6.45, 7) is 6.24. The predicted molar refractivity (Wildman–Crippen MR) is 73.7 cm³/mol. The fraction of sp³-hybridized carbons (Fsp3) is 0.500. The third-order valence-corrected chi connectivity index (χ3v) is 3.47. The van der Waals surface area contributed by atoms with Crippen molar-refractivity contribution in [1.29, 1.82) is 0 Å². The Labute approximate surface area is 108 Å². The minimum atomic E-state index is -0.124. The molecule has 1 fully saturated rings. The molecular weight excluding hydrogens is 226 g/mol. The van der Waals surface area contributed by atoms with Crippen LogP contribution in [0.15, 0.2) is 30.3 Å². The number of amides is 2. The van der Waals surface area contributed by atoms with Gasteiger partial charge in [0.05, 0.1) is 0 Å². The lowest BCUT2D eigenvalue weighted by molar-refractivity contribution is 0.184. The Morgan fingerprint density at radius 2 is 2.06 bits per heavy atom. The Morgan fingerprint density at radius 3 is 2.72 bits per heavy atom. The Bertz CT molecular complexity index is 403. The predicted octanol–water partition coefficient (Wildman–Crippen LogP) is 2.20. The van der Waals surface area contributed by atoms with Crippen LogP contribution in [0.3, 0.4) is 0 Å². The molecule has 0 spiro atoms. The van der Waals surface area contributed by atoms with Crippen LogP contribution in [0.1, 0.15) is 20.3 Å². The molecule has 1 aliphatic heterocycles. The molecule has 0 saturated carbocycles. The minimum absolute atomic E-state index is 0.0896. The molecule has 4 heteroatoms. The number of hydrogen-bond acceptors (Lipinski definition) is 2. The Kier molecular flexibility index (Phi) is 3.87. The van der Waals surface area contributed by atoms with Gasteiger partial charge in [-0.3, -0.25) is 0 Å². The lowest BCUT2D eigenvalue weighted by atomic mass is 9.80. The van der Waals surface area contributed by atoms with Crippen molar-refractivity contribution in [3.05, 3.63) is 30.3 Å². The van der Waals surface area contributed by atoms with E-state index in [0.29, 0.717) is 0 Å². The summed E-state index contributed by atoms with van der Waals surface area (Å²) >= 11 is 0. The van der Waals surface area contributed by atoms with Gasteiger partial charge in [-0.05, 0) is 30.5 Å². The number of para-hydroxylation sites is 1. The summed E-state index contributed by atoms with van der Waals surface area (Å²) < 4.78 is 0. The Morgan fingerprint density at radius 1 is 1.33 bits per heavy atom. The van der Waals surface area contributed by atoms with E-state index in [4.69, 9.17) is 0 Å². The van der Waals surface area contributed by atoms with E-state index in [1.165, 1.54) is 0 Å². The second kappa shape index (κ2) is 5.40. The molecule has 1 aliphatic rings. The number of hydrogen-bond donors (Lipinski definition) is 3. The molecule has 4 nitrogen and oxygen atoms in total.